The standard InChI is InChI=1S/C15H19F3O3/c1-5-14(20,12(19)21-13(2,3)4)10-6-8-11(9-7-10)15(16,17)18/h6-9,20H,5H2,1-4H3/t14-/m1/s1. The van der Waals surface area contributed by atoms with Crippen LogP contribution in [0.3, 0.4) is 0 Å². The zero-order valence-electron chi connectivity index (χ0n) is 12.4. The largest absolute Gasteiger partial charge is 0.458 e. The lowest BCUT2D eigenvalue weighted by Crippen LogP contribution is -2.40. The summed E-state index contributed by atoms with van der Waals surface area (Å²) in [7, 11) is 0. The minimum atomic E-state index is -4.46. The Morgan fingerprint density at radius 1 is 1.10 bits per heavy atom. The maximum Gasteiger partial charge on any atom is 0.416 e. The van der Waals surface area contributed by atoms with Gasteiger partial charge < -0.3 is 9.84 Å². The van der Waals surface area contributed by atoms with Gasteiger partial charge in [-0.05, 0) is 44.9 Å². The highest BCUT2D eigenvalue weighted by Gasteiger charge is 2.40. The summed E-state index contributed by atoms with van der Waals surface area (Å²) in [6.45, 7) is 6.50. The molecule has 0 aromatic heterocycles. The topological polar surface area (TPSA) is 46.5 Å². The molecule has 21 heavy (non-hydrogen) atoms. The molecule has 1 rings (SSSR count). The van der Waals surface area contributed by atoms with E-state index < -0.39 is 28.9 Å². The maximum atomic E-state index is 12.5. The maximum absolute atomic E-state index is 12.5. The Hall–Kier alpha value is -1.56. The molecule has 1 aromatic carbocycles. The van der Waals surface area contributed by atoms with E-state index in [1.807, 2.05) is 0 Å². The average molecular weight is 304 g/mol. The molecule has 1 aromatic rings. The third-order valence-corrected chi connectivity index (χ3v) is 2.94. The van der Waals surface area contributed by atoms with Crippen LogP contribution in [0.4, 0.5) is 13.2 Å². The molecule has 0 saturated heterocycles. The lowest BCUT2D eigenvalue weighted by Gasteiger charge is -2.30. The molecule has 6 heteroatoms. The SMILES string of the molecule is CC[C@](O)(C(=O)OC(C)(C)C)c1ccc(C(F)(F)F)cc1. The number of esters is 1. The van der Waals surface area contributed by atoms with Crippen molar-refractivity contribution < 1.29 is 27.8 Å². The summed E-state index contributed by atoms with van der Waals surface area (Å²) in [4.78, 5) is 12.1. The van der Waals surface area contributed by atoms with Gasteiger partial charge in [-0.2, -0.15) is 13.2 Å². The van der Waals surface area contributed by atoms with Crippen LogP contribution in [0.1, 0.15) is 45.2 Å². The molecule has 118 valence electrons. The molecule has 0 amide bonds. The Kier molecular flexibility index (Phi) is 4.73. The molecule has 0 aliphatic heterocycles. The predicted octanol–water partition coefficient (Wildman–Crippen LogP) is 3.64. The van der Waals surface area contributed by atoms with Gasteiger partial charge in [-0.1, -0.05) is 19.1 Å². The van der Waals surface area contributed by atoms with Crippen LogP contribution in [0.5, 0.6) is 0 Å². The Bertz CT molecular complexity index is 500. The first kappa shape index (κ1) is 17.5. The highest BCUT2D eigenvalue weighted by molar-refractivity contribution is 5.81. The Morgan fingerprint density at radius 3 is 1.86 bits per heavy atom. The van der Waals surface area contributed by atoms with E-state index in [1.165, 1.54) is 0 Å². The van der Waals surface area contributed by atoms with Crippen LogP contribution >= 0.6 is 0 Å². The van der Waals surface area contributed by atoms with E-state index >= 15 is 0 Å². The fourth-order valence-corrected chi connectivity index (χ4v) is 1.76. The van der Waals surface area contributed by atoms with E-state index in [0.717, 1.165) is 24.3 Å². The van der Waals surface area contributed by atoms with Crippen LogP contribution in [0.2, 0.25) is 0 Å². The molecule has 1 atom stereocenters. The van der Waals surface area contributed by atoms with Crippen LogP contribution in [0.25, 0.3) is 0 Å². The number of halogens is 3. The number of aliphatic hydroxyl groups is 1. The van der Waals surface area contributed by atoms with E-state index in [-0.39, 0.29) is 12.0 Å². The van der Waals surface area contributed by atoms with Crippen LogP contribution < -0.4 is 0 Å². The van der Waals surface area contributed by atoms with Gasteiger partial charge in [-0.3, -0.25) is 0 Å². The first-order valence-corrected chi connectivity index (χ1v) is 6.53. The molecule has 0 bridgehead atoms. The lowest BCUT2D eigenvalue weighted by atomic mass is 9.90. The summed E-state index contributed by atoms with van der Waals surface area (Å²) in [6.07, 6.45) is -4.47. The Morgan fingerprint density at radius 2 is 1.52 bits per heavy atom. The first-order valence-electron chi connectivity index (χ1n) is 6.53. The van der Waals surface area contributed by atoms with Crippen molar-refractivity contribution in [3.05, 3.63) is 35.4 Å². The quantitative estimate of drug-likeness (QED) is 0.867. The second-order valence-corrected chi connectivity index (χ2v) is 5.79. The van der Waals surface area contributed by atoms with Gasteiger partial charge in [-0.25, -0.2) is 4.79 Å². The van der Waals surface area contributed by atoms with E-state index in [4.69, 9.17) is 4.74 Å². The number of alkyl halides is 3. The molecule has 1 N–H and O–H groups in total. The van der Waals surface area contributed by atoms with E-state index in [1.54, 1.807) is 27.7 Å². The molecule has 0 fully saturated rings. The van der Waals surface area contributed by atoms with Crippen molar-refractivity contribution in [2.24, 2.45) is 0 Å². The number of carbonyl (C=O) groups excluding carboxylic acids is 1. The van der Waals surface area contributed by atoms with Crippen molar-refractivity contribution in [1.29, 1.82) is 0 Å². The van der Waals surface area contributed by atoms with Gasteiger partial charge in [0.2, 0.25) is 0 Å². The van der Waals surface area contributed by atoms with Crippen LogP contribution in [0.15, 0.2) is 24.3 Å². The predicted molar refractivity (Wildman–Crippen MR) is 71.5 cm³/mol. The van der Waals surface area contributed by atoms with Crippen molar-refractivity contribution in [1.82, 2.24) is 0 Å². The minimum Gasteiger partial charge on any atom is -0.458 e. The molecule has 0 saturated carbocycles. The number of hydrogen-bond donors (Lipinski definition) is 1. The average Bonchev–Trinajstić information content (AvgIpc) is 2.34. The summed E-state index contributed by atoms with van der Waals surface area (Å²) in [5, 5.41) is 10.5. The number of carbonyl (C=O) groups is 1. The molecule has 0 aliphatic rings. The first-order chi connectivity index (χ1) is 9.40. The Balaban J connectivity index is 3.12. The molecule has 0 unspecified atom stereocenters. The van der Waals surface area contributed by atoms with Gasteiger partial charge in [0.15, 0.2) is 5.60 Å². The zero-order valence-corrected chi connectivity index (χ0v) is 12.4. The monoisotopic (exact) mass is 304 g/mol. The molecule has 0 aliphatic carbocycles. The number of hydrogen-bond acceptors (Lipinski definition) is 3. The molecule has 0 spiro atoms. The summed E-state index contributed by atoms with van der Waals surface area (Å²) in [6, 6.07) is 3.85. The molecule has 3 nitrogen and oxygen atoms in total. The third kappa shape index (κ3) is 4.20. The van der Waals surface area contributed by atoms with Crippen molar-refractivity contribution in [3.8, 4) is 0 Å². The smallest absolute Gasteiger partial charge is 0.416 e. The van der Waals surface area contributed by atoms with Crippen molar-refractivity contribution in [2.45, 2.75) is 51.5 Å². The minimum absolute atomic E-state index is 0.00667. The highest BCUT2D eigenvalue weighted by atomic mass is 19.4. The third-order valence-electron chi connectivity index (χ3n) is 2.94. The van der Waals surface area contributed by atoms with Crippen molar-refractivity contribution in [3.63, 3.8) is 0 Å². The van der Waals surface area contributed by atoms with Crippen LogP contribution in [-0.4, -0.2) is 16.7 Å². The van der Waals surface area contributed by atoms with Gasteiger partial charge in [0, 0.05) is 0 Å². The van der Waals surface area contributed by atoms with Crippen molar-refractivity contribution in [2.75, 3.05) is 0 Å². The van der Waals surface area contributed by atoms with E-state index in [9.17, 15) is 23.1 Å². The number of benzene rings is 1. The van der Waals surface area contributed by atoms with Crippen molar-refractivity contribution >= 4 is 5.97 Å². The molecule has 0 heterocycles. The van der Waals surface area contributed by atoms with Gasteiger partial charge in [0.1, 0.15) is 5.60 Å². The second kappa shape index (κ2) is 5.67. The van der Waals surface area contributed by atoms with Crippen LogP contribution in [-0.2, 0) is 21.3 Å². The van der Waals surface area contributed by atoms with Crippen LogP contribution in [0, 0.1) is 0 Å². The Labute approximate surface area is 121 Å². The number of rotatable bonds is 3. The normalized spacial score (nSPS) is 15.4. The lowest BCUT2D eigenvalue weighted by molar-refractivity contribution is -0.179. The van der Waals surface area contributed by atoms with E-state index in [2.05, 4.69) is 0 Å². The molecular formula is C15H19F3O3. The summed E-state index contributed by atoms with van der Waals surface area (Å²) in [5.74, 6) is -0.878. The summed E-state index contributed by atoms with van der Waals surface area (Å²) < 4.78 is 42.7. The zero-order chi connectivity index (χ0) is 16.5. The highest BCUT2D eigenvalue weighted by Crippen LogP contribution is 2.33. The van der Waals surface area contributed by atoms with Gasteiger partial charge in [0.25, 0.3) is 0 Å². The second-order valence-electron chi connectivity index (χ2n) is 5.79. The van der Waals surface area contributed by atoms with Gasteiger partial charge in [-0.15, -0.1) is 0 Å². The summed E-state index contributed by atoms with van der Waals surface area (Å²) >= 11 is 0. The molecule has 0 radical (unpaired) electrons. The van der Waals surface area contributed by atoms with Gasteiger partial charge in [0.05, 0.1) is 5.56 Å². The fraction of sp³-hybridized carbons (Fsp3) is 0.533. The van der Waals surface area contributed by atoms with E-state index in [0.29, 0.717) is 0 Å². The number of ether oxygens (including phenoxy) is 1. The van der Waals surface area contributed by atoms with Gasteiger partial charge >= 0.3 is 12.1 Å². The summed E-state index contributed by atoms with van der Waals surface area (Å²) in [5.41, 5.74) is -3.52. The molecular weight excluding hydrogens is 285 g/mol. The fourth-order valence-electron chi connectivity index (χ4n) is 1.76.